The first kappa shape index (κ1) is 27.0. The van der Waals surface area contributed by atoms with E-state index < -0.39 is 26.4 Å². The van der Waals surface area contributed by atoms with Crippen molar-refractivity contribution in [1.82, 2.24) is 15.1 Å². The van der Waals surface area contributed by atoms with Gasteiger partial charge in [0.2, 0.25) is 0 Å². The summed E-state index contributed by atoms with van der Waals surface area (Å²) in [5.74, 6) is -0.593. The second kappa shape index (κ2) is 12.3. The molecule has 0 aromatic heterocycles. The monoisotopic (exact) mass is 597 g/mol. The van der Waals surface area contributed by atoms with Crippen LogP contribution < -0.4 is 10.2 Å². The highest BCUT2D eigenvalue weighted by Crippen LogP contribution is 2.33. The zero-order valence-electron chi connectivity index (χ0n) is 18.2. The van der Waals surface area contributed by atoms with E-state index in [1.807, 2.05) is 0 Å². The van der Waals surface area contributed by atoms with E-state index >= 15 is 0 Å². The lowest BCUT2D eigenvalue weighted by molar-refractivity contribution is -0.385. The quantitative estimate of drug-likeness (QED) is 0.232. The lowest BCUT2D eigenvalue weighted by atomic mass is 10.1. The molecular weight excluding hydrogens is 570 g/mol. The highest BCUT2D eigenvalue weighted by Gasteiger charge is 2.29. The molecule has 1 fully saturated rings. The van der Waals surface area contributed by atoms with Crippen LogP contribution in [0.2, 0.25) is 0 Å². The third kappa shape index (κ3) is 7.37. The van der Waals surface area contributed by atoms with Gasteiger partial charge in [0, 0.05) is 75.3 Å². The van der Waals surface area contributed by atoms with Gasteiger partial charge in [0.05, 0.1) is 15.5 Å². The molecule has 1 aliphatic rings. The summed E-state index contributed by atoms with van der Waals surface area (Å²) in [4.78, 5) is 29.9. The second-order valence-electron chi connectivity index (χ2n) is 7.63. The molecule has 1 heterocycles. The number of amides is 1. The Kier molecular flexibility index (Phi) is 10.3. The zero-order valence-corrected chi connectivity index (χ0v) is 22.2. The molecule has 2 rings (SSSR count). The number of halogens is 2. The van der Waals surface area contributed by atoms with Crippen LogP contribution in [0.4, 0.5) is 11.4 Å². The Hall–Kier alpha value is -1.28. The molecule has 0 atom stereocenters. The summed E-state index contributed by atoms with van der Waals surface area (Å²) in [6.07, 6.45) is 1.01. The van der Waals surface area contributed by atoms with Crippen molar-refractivity contribution in [1.29, 1.82) is 0 Å². The van der Waals surface area contributed by atoms with Crippen molar-refractivity contribution in [3.05, 3.63) is 27.8 Å². The number of hydrogen-bond donors (Lipinski definition) is 1. The minimum absolute atomic E-state index is 0.148. The van der Waals surface area contributed by atoms with E-state index in [9.17, 15) is 23.3 Å². The van der Waals surface area contributed by atoms with E-state index in [1.165, 1.54) is 6.07 Å². The number of piperazine rings is 1. The van der Waals surface area contributed by atoms with Crippen molar-refractivity contribution >= 4 is 59.0 Å². The Balaban J connectivity index is 2.33. The van der Waals surface area contributed by atoms with Crippen molar-refractivity contribution in [2.24, 2.45) is 0 Å². The number of benzene rings is 1. The van der Waals surface area contributed by atoms with Crippen LogP contribution in [-0.4, -0.2) is 105 Å². The molecule has 1 aromatic rings. The number of rotatable bonds is 11. The Bertz CT molecular complexity index is 917. The fourth-order valence-electron chi connectivity index (χ4n) is 3.49. The summed E-state index contributed by atoms with van der Waals surface area (Å²) < 4.78 is 24.8. The molecule has 1 saturated heterocycles. The fraction of sp³-hybridized carbons (Fsp3) is 0.632. The van der Waals surface area contributed by atoms with Gasteiger partial charge < -0.3 is 15.1 Å². The molecule has 0 radical (unpaired) electrons. The molecule has 0 aliphatic carbocycles. The molecule has 0 spiro atoms. The SMILES string of the molecule is CN1CCN(CCNC(=O)c2cc(N(CCBr)CCBr)c(S(C)(=O)=O)cc2[N+](=O)[O-])CC1. The summed E-state index contributed by atoms with van der Waals surface area (Å²) >= 11 is 6.70. The first-order valence-electron chi connectivity index (χ1n) is 10.2. The molecule has 0 unspecified atom stereocenters. The molecule has 10 nitrogen and oxygen atoms in total. The predicted molar refractivity (Wildman–Crippen MR) is 132 cm³/mol. The number of nitrogens with one attached hydrogen (secondary N) is 1. The van der Waals surface area contributed by atoms with Crippen LogP contribution in [0.25, 0.3) is 0 Å². The highest BCUT2D eigenvalue weighted by molar-refractivity contribution is 9.09. The number of alkyl halides is 2. The Morgan fingerprint density at radius 2 is 1.78 bits per heavy atom. The maximum absolute atomic E-state index is 12.9. The number of nitrogens with zero attached hydrogens (tertiary/aromatic N) is 4. The number of likely N-dealkylation sites (N-methyl/N-ethyl adjacent to an activating group) is 1. The second-order valence-corrected chi connectivity index (χ2v) is 11.2. The van der Waals surface area contributed by atoms with Crippen molar-refractivity contribution in [2.75, 3.05) is 81.2 Å². The molecule has 1 amide bonds. The van der Waals surface area contributed by atoms with Gasteiger partial charge in [-0.1, -0.05) is 31.9 Å². The van der Waals surface area contributed by atoms with Crippen molar-refractivity contribution in [3.63, 3.8) is 0 Å². The van der Waals surface area contributed by atoms with Crippen LogP contribution >= 0.6 is 31.9 Å². The Morgan fingerprint density at radius 3 is 2.28 bits per heavy atom. The largest absolute Gasteiger partial charge is 0.369 e. The molecular formula is C19H29Br2N5O5S. The van der Waals surface area contributed by atoms with E-state index in [2.05, 4.69) is 54.0 Å². The third-order valence-corrected chi connectivity index (χ3v) is 7.11. The number of nitro benzene ring substituents is 1. The van der Waals surface area contributed by atoms with Gasteiger partial charge in [-0.3, -0.25) is 19.8 Å². The van der Waals surface area contributed by atoms with Gasteiger partial charge in [0.15, 0.2) is 9.84 Å². The topological polar surface area (TPSA) is 116 Å². The summed E-state index contributed by atoms with van der Waals surface area (Å²) in [6.45, 7) is 5.62. The van der Waals surface area contributed by atoms with Crippen LogP contribution in [0.1, 0.15) is 10.4 Å². The van der Waals surface area contributed by atoms with E-state index in [1.54, 1.807) is 4.90 Å². The molecule has 1 N–H and O–H groups in total. The van der Waals surface area contributed by atoms with Gasteiger partial charge >= 0.3 is 0 Å². The lowest BCUT2D eigenvalue weighted by Gasteiger charge is -2.32. The molecule has 1 aliphatic heterocycles. The normalized spacial score (nSPS) is 15.5. The van der Waals surface area contributed by atoms with Crippen LogP contribution in [0.15, 0.2) is 17.0 Å². The van der Waals surface area contributed by atoms with E-state index in [-0.39, 0.29) is 16.1 Å². The van der Waals surface area contributed by atoms with Crippen molar-refractivity contribution in [3.8, 4) is 0 Å². The molecule has 0 bridgehead atoms. The standard InChI is InChI=1S/C19H29Br2N5O5S/c1-23-9-11-24(12-10-23)8-5-22-19(27)15-13-17(25(6-3-20)7-4-21)18(32(2,30)31)14-16(15)26(28)29/h13-14H,3-12H2,1-2H3,(H,22,27). The van der Waals surface area contributed by atoms with Crippen LogP contribution in [-0.2, 0) is 9.84 Å². The first-order valence-corrected chi connectivity index (χ1v) is 14.3. The smallest absolute Gasteiger partial charge is 0.283 e. The minimum Gasteiger partial charge on any atom is -0.369 e. The maximum atomic E-state index is 12.9. The van der Waals surface area contributed by atoms with Crippen LogP contribution in [0.3, 0.4) is 0 Å². The van der Waals surface area contributed by atoms with Gasteiger partial charge in [-0.05, 0) is 13.1 Å². The van der Waals surface area contributed by atoms with Crippen molar-refractivity contribution < 1.29 is 18.1 Å². The van der Waals surface area contributed by atoms with E-state index in [0.717, 1.165) is 38.5 Å². The summed E-state index contributed by atoms with van der Waals surface area (Å²) in [7, 11) is -1.71. The number of hydrogen-bond acceptors (Lipinski definition) is 8. The average Bonchev–Trinajstić information content (AvgIpc) is 2.73. The number of carbonyl (C=O) groups excluding carboxylic acids is 1. The predicted octanol–water partition coefficient (Wildman–Crippen LogP) is 1.57. The first-order chi connectivity index (χ1) is 15.1. The van der Waals surface area contributed by atoms with E-state index in [0.29, 0.717) is 36.8 Å². The third-order valence-electron chi connectivity index (χ3n) is 5.28. The lowest BCUT2D eigenvalue weighted by Crippen LogP contribution is -2.46. The molecule has 0 saturated carbocycles. The van der Waals surface area contributed by atoms with Crippen LogP contribution in [0.5, 0.6) is 0 Å². The van der Waals surface area contributed by atoms with Gasteiger partial charge in [-0.15, -0.1) is 0 Å². The Morgan fingerprint density at radius 1 is 1.19 bits per heavy atom. The van der Waals surface area contributed by atoms with E-state index in [4.69, 9.17) is 0 Å². The summed E-state index contributed by atoms with van der Waals surface area (Å²) in [5.41, 5.74) is -0.393. The van der Waals surface area contributed by atoms with Gasteiger partial charge in [-0.25, -0.2) is 8.42 Å². The maximum Gasteiger partial charge on any atom is 0.283 e. The van der Waals surface area contributed by atoms with Gasteiger partial charge in [0.25, 0.3) is 11.6 Å². The average molecular weight is 599 g/mol. The molecule has 32 heavy (non-hydrogen) atoms. The summed E-state index contributed by atoms with van der Waals surface area (Å²) in [5, 5.41) is 15.6. The minimum atomic E-state index is -3.77. The molecule has 13 heteroatoms. The number of nitro groups is 1. The van der Waals surface area contributed by atoms with Crippen LogP contribution in [0, 0.1) is 10.1 Å². The Labute approximate surface area is 205 Å². The number of carbonyl (C=O) groups is 1. The van der Waals surface area contributed by atoms with Crippen molar-refractivity contribution in [2.45, 2.75) is 4.90 Å². The summed E-state index contributed by atoms with van der Waals surface area (Å²) in [6, 6.07) is 2.32. The molecule has 180 valence electrons. The number of anilines is 1. The van der Waals surface area contributed by atoms with Gasteiger partial charge in [0.1, 0.15) is 5.56 Å². The fourth-order valence-corrected chi connectivity index (χ4v) is 5.24. The van der Waals surface area contributed by atoms with Gasteiger partial charge in [-0.2, -0.15) is 0 Å². The number of sulfone groups is 1. The zero-order chi connectivity index (χ0) is 23.9. The highest BCUT2D eigenvalue weighted by atomic mass is 79.9. The molecule has 1 aromatic carbocycles.